The summed E-state index contributed by atoms with van der Waals surface area (Å²) < 4.78 is 5.05. The molecular formula is C17H32N4O3. The molecule has 2 aliphatic heterocycles. The number of likely N-dealkylation sites (tertiary alicyclic amines) is 1. The topological polar surface area (TPSA) is 65.1 Å². The van der Waals surface area contributed by atoms with Crippen LogP contribution in [0.15, 0.2) is 0 Å². The molecule has 2 saturated heterocycles. The fourth-order valence-corrected chi connectivity index (χ4v) is 3.84. The molecule has 7 nitrogen and oxygen atoms in total. The monoisotopic (exact) mass is 340 g/mol. The van der Waals surface area contributed by atoms with E-state index in [0.29, 0.717) is 25.1 Å². The average Bonchev–Trinajstić information content (AvgIpc) is 2.87. The van der Waals surface area contributed by atoms with Crippen molar-refractivity contribution < 1.29 is 14.3 Å². The minimum atomic E-state index is 0.0398. The minimum absolute atomic E-state index is 0.0398. The molecule has 0 aromatic carbocycles. The number of carbonyl (C=O) groups is 2. The summed E-state index contributed by atoms with van der Waals surface area (Å²) in [6.07, 6.45) is 0. The molecule has 0 radical (unpaired) electrons. The minimum Gasteiger partial charge on any atom is -0.383 e. The maximum Gasteiger partial charge on any atom is 0.234 e. The first-order chi connectivity index (χ1) is 11.4. The maximum absolute atomic E-state index is 12.1. The van der Waals surface area contributed by atoms with Crippen LogP contribution in [-0.2, 0) is 14.3 Å². The molecule has 0 saturated carbocycles. The number of piperazine rings is 1. The second-order valence-corrected chi connectivity index (χ2v) is 7.20. The van der Waals surface area contributed by atoms with Gasteiger partial charge in [-0.25, -0.2) is 0 Å². The summed E-state index contributed by atoms with van der Waals surface area (Å²) in [6, 6.07) is 0.515. The van der Waals surface area contributed by atoms with Crippen LogP contribution in [0.5, 0.6) is 0 Å². The van der Waals surface area contributed by atoms with Gasteiger partial charge in [0, 0.05) is 65.4 Å². The van der Waals surface area contributed by atoms with Gasteiger partial charge in [0.2, 0.25) is 11.8 Å². The van der Waals surface area contributed by atoms with Crippen molar-refractivity contribution in [2.75, 3.05) is 59.5 Å². The number of nitrogens with zero attached hydrogens (tertiary/aromatic N) is 3. The van der Waals surface area contributed by atoms with Crippen molar-refractivity contribution in [3.8, 4) is 0 Å². The van der Waals surface area contributed by atoms with E-state index in [1.165, 1.54) is 0 Å². The Bertz CT molecular complexity index is 438. The van der Waals surface area contributed by atoms with E-state index >= 15 is 0 Å². The molecule has 2 aliphatic rings. The van der Waals surface area contributed by atoms with Crippen LogP contribution in [0, 0.1) is 5.92 Å². The normalized spacial score (nSPS) is 27.2. The summed E-state index contributed by atoms with van der Waals surface area (Å²) >= 11 is 0. The van der Waals surface area contributed by atoms with Crippen molar-refractivity contribution in [2.24, 2.45) is 5.92 Å². The van der Waals surface area contributed by atoms with Crippen molar-refractivity contribution >= 4 is 11.8 Å². The molecule has 2 fully saturated rings. The van der Waals surface area contributed by atoms with Gasteiger partial charge in [0.15, 0.2) is 0 Å². The first kappa shape index (κ1) is 19.1. The molecule has 0 spiro atoms. The zero-order chi connectivity index (χ0) is 17.7. The maximum atomic E-state index is 12.1. The molecule has 24 heavy (non-hydrogen) atoms. The molecule has 1 N–H and O–H groups in total. The molecule has 0 aromatic rings. The molecule has 2 heterocycles. The van der Waals surface area contributed by atoms with E-state index in [-0.39, 0.29) is 17.9 Å². The third-order valence-corrected chi connectivity index (χ3v) is 5.07. The van der Waals surface area contributed by atoms with E-state index in [4.69, 9.17) is 4.74 Å². The van der Waals surface area contributed by atoms with Gasteiger partial charge in [0.05, 0.1) is 13.2 Å². The molecule has 2 rings (SSSR count). The summed E-state index contributed by atoms with van der Waals surface area (Å²) in [4.78, 5) is 30.2. The van der Waals surface area contributed by atoms with Gasteiger partial charge < -0.3 is 15.0 Å². The first-order valence-corrected chi connectivity index (χ1v) is 8.91. The molecule has 0 unspecified atom stereocenters. The lowest BCUT2D eigenvalue weighted by Gasteiger charge is -2.39. The van der Waals surface area contributed by atoms with Crippen molar-refractivity contribution in [3.05, 3.63) is 0 Å². The molecular weight excluding hydrogens is 308 g/mol. The van der Waals surface area contributed by atoms with E-state index in [0.717, 1.165) is 39.3 Å². The molecule has 2 amide bonds. The van der Waals surface area contributed by atoms with Crippen LogP contribution in [0.4, 0.5) is 0 Å². The Morgan fingerprint density at radius 3 is 2.46 bits per heavy atom. The smallest absolute Gasteiger partial charge is 0.234 e. The zero-order valence-corrected chi connectivity index (χ0v) is 15.5. The number of amides is 2. The average molecular weight is 340 g/mol. The molecule has 138 valence electrons. The van der Waals surface area contributed by atoms with Crippen LogP contribution in [0.3, 0.4) is 0 Å². The van der Waals surface area contributed by atoms with Crippen LogP contribution in [0.2, 0.25) is 0 Å². The number of rotatable bonds is 6. The Hall–Kier alpha value is -1.18. The quantitative estimate of drug-likeness (QED) is 0.714. The summed E-state index contributed by atoms with van der Waals surface area (Å²) in [5.74, 6) is 0.768. The van der Waals surface area contributed by atoms with Gasteiger partial charge in [-0.2, -0.15) is 0 Å². The standard InChI is InChI=1S/C17H32N4O3/c1-13-9-19(11-17(23)18-14(2)12-24-4)10-16(13)21-7-5-20(6-8-21)15(3)22/h13-14,16H,5-12H2,1-4H3,(H,18,23)/t13-,14+,16+/m1/s1. The summed E-state index contributed by atoms with van der Waals surface area (Å²) in [6.45, 7) is 12.2. The van der Waals surface area contributed by atoms with Crippen molar-refractivity contribution in [1.82, 2.24) is 20.0 Å². The van der Waals surface area contributed by atoms with E-state index in [2.05, 4.69) is 22.0 Å². The van der Waals surface area contributed by atoms with Gasteiger partial charge in [-0.15, -0.1) is 0 Å². The van der Waals surface area contributed by atoms with Gasteiger partial charge in [-0.1, -0.05) is 6.92 Å². The van der Waals surface area contributed by atoms with E-state index in [9.17, 15) is 9.59 Å². The van der Waals surface area contributed by atoms with Gasteiger partial charge in [0.1, 0.15) is 0 Å². The number of hydrogen-bond donors (Lipinski definition) is 1. The van der Waals surface area contributed by atoms with E-state index in [1.54, 1.807) is 14.0 Å². The highest BCUT2D eigenvalue weighted by molar-refractivity contribution is 5.78. The lowest BCUT2D eigenvalue weighted by molar-refractivity contribution is -0.131. The Morgan fingerprint density at radius 2 is 1.88 bits per heavy atom. The van der Waals surface area contributed by atoms with Crippen molar-refractivity contribution in [3.63, 3.8) is 0 Å². The fraction of sp³-hybridized carbons (Fsp3) is 0.882. The lowest BCUT2D eigenvalue weighted by atomic mass is 10.0. The summed E-state index contributed by atoms with van der Waals surface area (Å²) in [5, 5.41) is 2.97. The van der Waals surface area contributed by atoms with Crippen molar-refractivity contribution in [1.29, 1.82) is 0 Å². The van der Waals surface area contributed by atoms with Gasteiger partial charge in [0.25, 0.3) is 0 Å². The number of nitrogens with one attached hydrogen (secondary N) is 1. The van der Waals surface area contributed by atoms with Crippen molar-refractivity contribution in [2.45, 2.75) is 32.9 Å². The number of ether oxygens (including phenoxy) is 1. The fourth-order valence-electron chi connectivity index (χ4n) is 3.84. The molecule has 0 aromatic heterocycles. The lowest BCUT2D eigenvalue weighted by Crippen LogP contribution is -2.53. The highest BCUT2D eigenvalue weighted by atomic mass is 16.5. The van der Waals surface area contributed by atoms with Crippen LogP contribution in [0.25, 0.3) is 0 Å². The third-order valence-electron chi connectivity index (χ3n) is 5.07. The number of methoxy groups -OCH3 is 1. The van der Waals surface area contributed by atoms with Crippen LogP contribution in [-0.4, -0.2) is 98.1 Å². The summed E-state index contributed by atoms with van der Waals surface area (Å²) in [5.41, 5.74) is 0. The van der Waals surface area contributed by atoms with E-state index < -0.39 is 0 Å². The predicted molar refractivity (Wildman–Crippen MR) is 92.7 cm³/mol. The predicted octanol–water partition coefficient (Wildman–Crippen LogP) is -0.378. The van der Waals surface area contributed by atoms with Gasteiger partial charge >= 0.3 is 0 Å². The SMILES string of the molecule is COC[C@H](C)NC(=O)CN1C[C@@H](C)[C@@H](N2CCN(C(C)=O)CC2)C1. The number of carbonyl (C=O) groups excluding carboxylic acids is 2. The Labute approximate surface area is 145 Å². The van der Waals surface area contributed by atoms with Crippen LogP contribution in [0.1, 0.15) is 20.8 Å². The molecule has 0 aliphatic carbocycles. The van der Waals surface area contributed by atoms with Crippen LogP contribution >= 0.6 is 0 Å². The van der Waals surface area contributed by atoms with Gasteiger partial charge in [-0.05, 0) is 12.8 Å². The largest absolute Gasteiger partial charge is 0.383 e. The molecule has 3 atom stereocenters. The zero-order valence-electron chi connectivity index (χ0n) is 15.5. The molecule has 0 bridgehead atoms. The first-order valence-electron chi connectivity index (χ1n) is 8.91. The Kier molecular flexibility index (Phi) is 7.01. The Balaban J connectivity index is 1.78. The third kappa shape index (κ3) is 5.16. The van der Waals surface area contributed by atoms with E-state index in [1.807, 2.05) is 11.8 Å². The molecule has 7 heteroatoms. The second kappa shape index (κ2) is 8.78. The summed E-state index contributed by atoms with van der Waals surface area (Å²) in [7, 11) is 1.64. The highest BCUT2D eigenvalue weighted by Crippen LogP contribution is 2.22. The second-order valence-electron chi connectivity index (χ2n) is 7.20. The number of hydrogen-bond acceptors (Lipinski definition) is 5. The highest BCUT2D eigenvalue weighted by Gasteiger charge is 2.36. The Morgan fingerprint density at radius 1 is 1.21 bits per heavy atom. The van der Waals surface area contributed by atoms with Gasteiger partial charge in [-0.3, -0.25) is 19.4 Å². The van der Waals surface area contributed by atoms with Crippen LogP contribution < -0.4 is 5.32 Å².